The standard InChI is InChI=1S/C54H102NO7P/c1-3-5-7-9-11-13-15-17-19-21-23-24-25-26-27-28-29-30-32-34-36-38-40-42-44-46-49-59-51-53(52-61-63(57,58)60-50-48-55)62-54(56)47-45-43-41-39-37-35-33-31-22-20-18-16-14-12-10-8-6-4-2/h14-17,20-23,53H,3-13,18-19,24-52,55H2,1-2H3,(H,57,58)/b16-14-,17-15-,22-20-,23-21-. The summed E-state index contributed by atoms with van der Waals surface area (Å²) < 4.78 is 33.6. The Labute approximate surface area is 390 Å². The molecule has 0 saturated heterocycles. The number of unbranched alkanes of at least 4 members (excludes halogenated alkanes) is 30. The van der Waals surface area contributed by atoms with Crippen LogP contribution in [0.25, 0.3) is 0 Å². The molecular weight excluding hydrogens is 806 g/mol. The molecule has 0 aliphatic carbocycles. The Morgan fingerprint density at radius 3 is 1.25 bits per heavy atom. The fraction of sp³-hybridized carbons (Fsp3) is 0.833. The first-order valence-electron chi connectivity index (χ1n) is 26.6. The van der Waals surface area contributed by atoms with Gasteiger partial charge in [-0.3, -0.25) is 13.8 Å². The van der Waals surface area contributed by atoms with Crippen LogP contribution in [0.1, 0.15) is 251 Å². The number of carbonyl (C=O) groups is 1. The highest BCUT2D eigenvalue weighted by atomic mass is 31.2. The molecule has 370 valence electrons. The van der Waals surface area contributed by atoms with Gasteiger partial charge in [-0.2, -0.15) is 0 Å². The van der Waals surface area contributed by atoms with Crippen molar-refractivity contribution in [2.75, 3.05) is 33.0 Å². The molecule has 0 amide bonds. The Morgan fingerprint density at radius 1 is 0.476 bits per heavy atom. The summed E-state index contributed by atoms with van der Waals surface area (Å²) in [4.78, 5) is 22.6. The molecule has 0 radical (unpaired) electrons. The average Bonchev–Trinajstić information content (AvgIpc) is 3.28. The lowest BCUT2D eigenvalue weighted by atomic mass is 10.0. The molecule has 0 aromatic heterocycles. The van der Waals surface area contributed by atoms with E-state index < -0.39 is 13.9 Å². The molecule has 8 nitrogen and oxygen atoms in total. The van der Waals surface area contributed by atoms with Gasteiger partial charge in [-0.25, -0.2) is 4.57 Å². The van der Waals surface area contributed by atoms with Crippen LogP contribution in [0.15, 0.2) is 48.6 Å². The fourth-order valence-corrected chi connectivity index (χ4v) is 8.29. The number of carbonyl (C=O) groups excluding carboxylic acids is 1. The van der Waals surface area contributed by atoms with Crippen LogP contribution in [-0.4, -0.2) is 49.9 Å². The number of ether oxygens (including phenoxy) is 2. The maximum atomic E-state index is 12.7. The molecule has 3 N–H and O–H groups in total. The Bertz CT molecular complexity index is 1110. The van der Waals surface area contributed by atoms with Crippen LogP contribution in [0.4, 0.5) is 0 Å². The Morgan fingerprint density at radius 2 is 0.841 bits per heavy atom. The van der Waals surface area contributed by atoms with Crippen molar-refractivity contribution in [3.63, 3.8) is 0 Å². The van der Waals surface area contributed by atoms with Crippen LogP contribution in [0.3, 0.4) is 0 Å². The van der Waals surface area contributed by atoms with Crippen molar-refractivity contribution in [2.45, 2.75) is 258 Å². The molecule has 0 fully saturated rings. The second-order valence-electron chi connectivity index (χ2n) is 17.7. The number of rotatable bonds is 51. The predicted octanol–water partition coefficient (Wildman–Crippen LogP) is 16.7. The van der Waals surface area contributed by atoms with E-state index in [2.05, 4.69) is 62.5 Å². The molecule has 0 heterocycles. The zero-order chi connectivity index (χ0) is 45.8. The maximum Gasteiger partial charge on any atom is 0.472 e. The molecule has 0 aliphatic rings. The fourth-order valence-electron chi connectivity index (χ4n) is 7.53. The Balaban J connectivity index is 3.90. The van der Waals surface area contributed by atoms with Gasteiger partial charge in [-0.05, 0) is 77.0 Å². The lowest BCUT2D eigenvalue weighted by molar-refractivity contribution is -0.154. The average molecular weight is 908 g/mol. The Hall–Kier alpha value is -1.54. The second-order valence-corrected chi connectivity index (χ2v) is 19.2. The lowest BCUT2D eigenvalue weighted by Gasteiger charge is -2.20. The summed E-state index contributed by atoms with van der Waals surface area (Å²) in [7, 11) is -4.29. The van der Waals surface area contributed by atoms with Gasteiger partial charge in [0.1, 0.15) is 6.10 Å². The lowest BCUT2D eigenvalue weighted by Crippen LogP contribution is -2.28. The van der Waals surface area contributed by atoms with Crippen molar-refractivity contribution in [2.24, 2.45) is 5.73 Å². The summed E-state index contributed by atoms with van der Waals surface area (Å²) in [6.45, 7) is 4.92. The molecule has 0 saturated carbocycles. The van der Waals surface area contributed by atoms with Crippen molar-refractivity contribution in [3.8, 4) is 0 Å². The van der Waals surface area contributed by atoms with E-state index >= 15 is 0 Å². The van der Waals surface area contributed by atoms with Gasteiger partial charge in [0.25, 0.3) is 0 Å². The zero-order valence-electron chi connectivity index (χ0n) is 41.3. The van der Waals surface area contributed by atoms with Gasteiger partial charge in [0.15, 0.2) is 0 Å². The van der Waals surface area contributed by atoms with Crippen molar-refractivity contribution in [1.29, 1.82) is 0 Å². The quantitative estimate of drug-likeness (QED) is 0.0268. The topological polar surface area (TPSA) is 117 Å². The van der Waals surface area contributed by atoms with Crippen molar-refractivity contribution in [3.05, 3.63) is 48.6 Å². The second kappa shape index (κ2) is 51.4. The minimum absolute atomic E-state index is 0.0974. The van der Waals surface area contributed by atoms with Crippen molar-refractivity contribution < 1.29 is 32.8 Å². The van der Waals surface area contributed by atoms with E-state index in [0.717, 1.165) is 51.4 Å². The third-order valence-electron chi connectivity index (χ3n) is 11.5. The monoisotopic (exact) mass is 908 g/mol. The third-order valence-corrected chi connectivity index (χ3v) is 12.5. The summed E-state index contributed by atoms with van der Waals surface area (Å²) in [6, 6.07) is 0. The minimum Gasteiger partial charge on any atom is -0.457 e. The molecule has 63 heavy (non-hydrogen) atoms. The van der Waals surface area contributed by atoms with Gasteiger partial charge in [0.05, 0.1) is 19.8 Å². The number of phosphoric acid groups is 1. The minimum atomic E-state index is -4.29. The van der Waals surface area contributed by atoms with E-state index in [1.807, 2.05) is 0 Å². The first-order valence-corrected chi connectivity index (χ1v) is 28.1. The van der Waals surface area contributed by atoms with Crippen LogP contribution < -0.4 is 5.73 Å². The third kappa shape index (κ3) is 51.3. The van der Waals surface area contributed by atoms with Crippen LogP contribution >= 0.6 is 7.82 Å². The zero-order valence-corrected chi connectivity index (χ0v) is 42.2. The van der Waals surface area contributed by atoms with Crippen molar-refractivity contribution >= 4 is 13.8 Å². The first-order chi connectivity index (χ1) is 30.9. The molecular formula is C54H102NO7P. The summed E-state index contributed by atoms with van der Waals surface area (Å²) in [5.74, 6) is -0.336. The number of allylic oxidation sites excluding steroid dienone is 8. The van der Waals surface area contributed by atoms with E-state index in [1.165, 1.54) is 180 Å². The van der Waals surface area contributed by atoms with E-state index in [4.69, 9.17) is 24.3 Å². The van der Waals surface area contributed by atoms with Gasteiger partial charge >= 0.3 is 13.8 Å². The van der Waals surface area contributed by atoms with E-state index in [0.29, 0.717) is 13.0 Å². The van der Waals surface area contributed by atoms with E-state index in [9.17, 15) is 14.3 Å². The normalized spacial score (nSPS) is 13.7. The summed E-state index contributed by atoms with van der Waals surface area (Å²) in [5.41, 5.74) is 5.39. The molecule has 9 heteroatoms. The van der Waals surface area contributed by atoms with Gasteiger partial charge in [-0.15, -0.1) is 0 Å². The van der Waals surface area contributed by atoms with Crippen LogP contribution in [0.2, 0.25) is 0 Å². The highest BCUT2D eigenvalue weighted by Crippen LogP contribution is 2.43. The van der Waals surface area contributed by atoms with Gasteiger partial charge in [-0.1, -0.05) is 217 Å². The van der Waals surface area contributed by atoms with E-state index in [1.54, 1.807) is 0 Å². The van der Waals surface area contributed by atoms with Gasteiger partial charge in [0, 0.05) is 19.6 Å². The van der Waals surface area contributed by atoms with Gasteiger partial charge < -0.3 is 20.1 Å². The molecule has 2 atom stereocenters. The summed E-state index contributed by atoms with van der Waals surface area (Å²) >= 11 is 0. The number of hydrogen-bond acceptors (Lipinski definition) is 7. The number of hydrogen-bond donors (Lipinski definition) is 2. The summed E-state index contributed by atoms with van der Waals surface area (Å²) in [6.07, 6.45) is 62.9. The maximum absolute atomic E-state index is 12.7. The summed E-state index contributed by atoms with van der Waals surface area (Å²) in [5, 5.41) is 0. The van der Waals surface area contributed by atoms with Crippen LogP contribution in [-0.2, 0) is 27.9 Å². The smallest absolute Gasteiger partial charge is 0.457 e. The Kier molecular flexibility index (Phi) is 50.2. The first kappa shape index (κ1) is 61.5. The number of esters is 1. The molecule has 0 bridgehead atoms. The highest BCUT2D eigenvalue weighted by molar-refractivity contribution is 7.47. The highest BCUT2D eigenvalue weighted by Gasteiger charge is 2.25. The molecule has 0 aromatic carbocycles. The van der Waals surface area contributed by atoms with Crippen LogP contribution in [0, 0.1) is 0 Å². The van der Waals surface area contributed by atoms with Gasteiger partial charge in [0.2, 0.25) is 0 Å². The number of nitrogens with two attached hydrogens (primary N) is 1. The molecule has 0 aromatic rings. The van der Waals surface area contributed by atoms with Crippen molar-refractivity contribution in [1.82, 2.24) is 0 Å². The molecule has 0 rings (SSSR count). The van der Waals surface area contributed by atoms with Crippen LogP contribution in [0.5, 0.6) is 0 Å². The molecule has 0 aliphatic heterocycles. The van der Waals surface area contributed by atoms with E-state index in [-0.39, 0.29) is 32.3 Å². The predicted molar refractivity (Wildman–Crippen MR) is 270 cm³/mol. The number of phosphoric ester groups is 1. The SMILES string of the molecule is CCCCCC/C=C\C/C=C\CCCCCCCCCC(=O)OC(COCCCCCCCCCCCCCCCC/C=C\C/C=C\CCCCCCC)COP(=O)(O)OCCN. The largest absolute Gasteiger partial charge is 0.472 e. The molecule has 2 unspecified atom stereocenters. The molecule has 0 spiro atoms.